The van der Waals surface area contributed by atoms with Crippen LogP contribution in [0.2, 0.25) is 0 Å². The number of hydrogen-bond donors (Lipinski definition) is 1. The molecule has 0 aliphatic heterocycles. The molecule has 5 aliphatic rings. The van der Waals surface area contributed by atoms with Gasteiger partial charge in [-0.2, -0.15) is 0 Å². The molecule has 1 nitrogen and oxygen atoms in total. The van der Waals surface area contributed by atoms with E-state index in [4.69, 9.17) is 0 Å². The van der Waals surface area contributed by atoms with E-state index in [9.17, 15) is 5.11 Å². The van der Waals surface area contributed by atoms with Crippen LogP contribution in [0, 0.1) is 38.4 Å². The first kappa shape index (κ1) is 22.5. The van der Waals surface area contributed by atoms with Crippen molar-refractivity contribution in [2.24, 2.45) is 38.4 Å². The SMILES string of the molecule is CC1(C)CCC2(C)CCC3(C)C(=C2C1)CCC1(O)C2(C)CCCC(C)(C)C2CCC31C. The second-order valence-electron chi connectivity index (χ2n) is 15.2. The highest BCUT2D eigenvalue weighted by molar-refractivity contribution is 5.40. The predicted octanol–water partition coefficient (Wildman–Crippen LogP) is 8.46. The summed E-state index contributed by atoms with van der Waals surface area (Å²) in [6, 6.07) is 0. The molecule has 0 spiro atoms. The lowest BCUT2D eigenvalue weighted by atomic mass is 9.32. The Balaban J connectivity index is 1.65. The van der Waals surface area contributed by atoms with Crippen LogP contribution in [0.15, 0.2) is 11.1 Å². The van der Waals surface area contributed by atoms with E-state index in [1.165, 1.54) is 64.2 Å². The van der Waals surface area contributed by atoms with Crippen molar-refractivity contribution in [2.75, 3.05) is 0 Å². The molecule has 1 heteroatoms. The van der Waals surface area contributed by atoms with Crippen molar-refractivity contribution in [3.8, 4) is 0 Å². The first-order valence-electron chi connectivity index (χ1n) is 13.6. The van der Waals surface area contributed by atoms with Crippen molar-refractivity contribution in [1.82, 2.24) is 0 Å². The zero-order valence-electron chi connectivity index (χ0n) is 22.0. The van der Waals surface area contributed by atoms with Gasteiger partial charge in [-0.1, -0.05) is 73.0 Å². The molecular formula is C30H50O. The standard InChI is InChI=1S/C30H50O/c1-24(2)16-17-26(5)18-19-27(6)21(22(26)20-24)10-15-30(31)28(7)13-9-12-25(3,4)23(28)11-14-29(27,30)8/h23,31H,9-20H2,1-8H3. The smallest absolute Gasteiger partial charge is 0.0768 e. The topological polar surface area (TPSA) is 20.2 Å². The highest BCUT2D eigenvalue weighted by Crippen LogP contribution is 2.76. The van der Waals surface area contributed by atoms with Gasteiger partial charge in [0.05, 0.1) is 5.60 Å². The Labute approximate surface area is 192 Å². The van der Waals surface area contributed by atoms with Crippen LogP contribution in [0.1, 0.15) is 132 Å². The minimum atomic E-state index is -0.530. The van der Waals surface area contributed by atoms with Crippen LogP contribution in [0.5, 0.6) is 0 Å². The molecule has 6 unspecified atom stereocenters. The third-order valence-corrected chi connectivity index (χ3v) is 12.9. The molecule has 5 aliphatic carbocycles. The van der Waals surface area contributed by atoms with Crippen LogP contribution in [-0.4, -0.2) is 10.7 Å². The van der Waals surface area contributed by atoms with Crippen LogP contribution in [0.3, 0.4) is 0 Å². The fourth-order valence-corrected chi connectivity index (χ4v) is 10.5. The summed E-state index contributed by atoms with van der Waals surface area (Å²) < 4.78 is 0. The summed E-state index contributed by atoms with van der Waals surface area (Å²) in [6.07, 6.45) is 15.1. The van der Waals surface area contributed by atoms with Gasteiger partial charge in [-0.25, -0.2) is 0 Å². The first-order valence-corrected chi connectivity index (χ1v) is 13.6. The molecule has 0 aromatic rings. The van der Waals surface area contributed by atoms with Crippen LogP contribution in [0.4, 0.5) is 0 Å². The fourth-order valence-electron chi connectivity index (χ4n) is 10.5. The molecule has 0 saturated heterocycles. The molecule has 0 radical (unpaired) electrons. The second kappa shape index (κ2) is 6.22. The summed E-state index contributed by atoms with van der Waals surface area (Å²) in [5.74, 6) is 0.659. The lowest BCUT2D eigenvalue weighted by Crippen LogP contribution is -2.72. The van der Waals surface area contributed by atoms with Gasteiger partial charge in [0.1, 0.15) is 0 Å². The highest BCUT2D eigenvalue weighted by Gasteiger charge is 2.73. The molecule has 0 bridgehead atoms. The summed E-state index contributed by atoms with van der Waals surface area (Å²) in [4.78, 5) is 0. The van der Waals surface area contributed by atoms with Gasteiger partial charge in [0.15, 0.2) is 0 Å². The number of allylic oxidation sites excluding steroid dienone is 2. The molecule has 1 N–H and O–H groups in total. The molecule has 176 valence electrons. The van der Waals surface area contributed by atoms with E-state index in [0.717, 1.165) is 12.8 Å². The second-order valence-corrected chi connectivity index (χ2v) is 15.2. The van der Waals surface area contributed by atoms with E-state index in [1.807, 2.05) is 5.57 Å². The Morgan fingerprint density at radius 3 is 2.10 bits per heavy atom. The molecule has 0 aromatic heterocycles. The monoisotopic (exact) mass is 426 g/mol. The van der Waals surface area contributed by atoms with Crippen molar-refractivity contribution in [3.05, 3.63) is 11.1 Å². The van der Waals surface area contributed by atoms with Gasteiger partial charge in [0.25, 0.3) is 0 Å². The van der Waals surface area contributed by atoms with Crippen molar-refractivity contribution in [2.45, 2.75) is 138 Å². The minimum absolute atomic E-state index is 0.00216. The molecular weight excluding hydrogens is 376 g/mol. The quantitative estimate of drug-likeness (QED) is 0.385. The number of aliphatic hydroxyl groups is 1. The first-order chi connectivity index (χ1) is 14.1. The van der Waals surface area contributed by atoms with Gasteiger partial charge in [-0.3, -0.25) is 0 Å². The van der Waals surface area contributed by atoms with Crippen LogP contribution >= 0.6 is 0 Å². The maximum absolute atomic E-state index is 12.9. The van der Waals surface area contributed by atoms with Gasteiger partial charge in [-0.15, -0.1) is 0 Å². The fraction of sp³-hybridized carbons (Fsp3) is 0.933. The number of hydrogen-bond acceptors (Lipinski definition) is 1. The van der Waals surface area contributed by atoms with Crippen LogP contribution in [0.25, 0.3) is 0 Å². The lowest BCUT2D eigenvalue weighted by Gasteiger charge is -2.74. The van der Waals surface area contributed by atoms with Gasteiger partial charge in [0, 0.05) is 10.8 Å². The Hall–Kier alpha value is -0.300. The van der Waals surface area contributed by atoms with E-state index in [2.05, 4.69) is 55.4 Å². The molecule has 4 fully saturated rings. The summed E-state index contributed by atoms with van der Waals surface area (Å²) >= 11 is 0. The maximum Gasteiger partial charge on any atom is 0.0768 e. The summed E-state index contributed by atoms with van der Waals surface area (Å²) in [5.41, 5.74) is 4.55. The minimum Gasteiger partial charge on any atom is -0.389 e. The van der Waals surface area contributed by atoms with E-state index in [1.54, 1.807) is 5.57 Å². The van der Waals surface area contributed by atoms with E-state index >= 15 is 0 Å². The average Bonchev–Trinajstić information content (AvgIpc) is 2.65. The van der Waals surface area contributed by atoms with Gasteiger partial charge < -0.3 is 5.11 Å². The van der Waals surface area contributed by atoms with Crippen molar-refractivity contribution < 1.29 is 5.11 Å². The highest BCUT2D eigenvalue weighted by atomic mass is 16.3. The van der Waals surface area contributed by atoms with Crippen molar-refractivity contribution >= 4 is 0 Å². The third kappa shape index (κ3) is 2.60. The van der Waals surface area contributed by atoms with Gasteiger partial charge in [-0.05, 0) is 98.2 Å². The normalized spacial score (nSPS) is 53.1. The lowest BCUT2D eigenvalue weighted by molar-refractivity contribution is -0.285. The van der Waals surface area contributed by atoms with E-state index in [-0.39, 0.29) is 16.2 Å². The van der Waals surface area contributed by atoms with Crippen molar-refractivity contribution in [1.29, 1.82) is 0 Å². The summed E-state index contributed by atoms with van der Waals surface area (Å²) in [6.45, 7) is 20.2. The molecule has 5 rings (SSSR count). The zero-order valence-corrected chi connectivity index (χ0v) is 22.0. The Morgan fingerprint density at radius 2 is 1.39 bits per heavy atom. The maximum atomic E-state index is 12.9. The summed E-state index contributed by atoms with van der Waals surface area (Å²) in [7, 11) is 0. The Kier molecular flexibility index (Phi) is 4.51. The Bertz CT molecular complexity index is 818. The average molecular weight is 427 g/mol. The van der Waals surface area contributed by atoms with E-state index < -0.39 is 5.60 Å². The summed E-state index contributed by atoms with van der Waals surface area (Å²) in [5, 5.41) is 12.9. The molecule has 4 saturated carbocycles. The van der Waals surface area contributed by atoms with Gasteiger partial charge in [0.2, 0.25) is 0 Å². The molecule has 0 heterocycles. The van der Waals surface area contributed by atoms with Gasteiger partial charge >= 0.3 is 0 Å². The molecule has 0 amide bonds. The Morgan fingerprint density at radius 1 is 0.710 bits per heavy atom. The molecule has 31 heavy (non-hydrogen) atoms. The third-order valence-electron chi connectivity index (χ3n) is 12.9. The van der Waals surface area contributed by atoms with Crippen LogP contribution in [-0.2, 0) is 0 Å². The predicted molar refractivity (Wildman–Crippen MR) is 131 cm³/mol. The van der Waals surface area contributed by atoms with Crippen LogP contribution < -0.4 is 0 Å². The number of fused-ring (bicyclic) bond motifs is 6. The zero-order chi connectivity index (χ0) is 22.7. The van der Waals surface area contributed by atoms with E-state index in [0.29, 0.717) is 22.2 Å². The molecule has 6 atom stereocenters. The molecule has 0 aromatic carbocycles. The largest absolute Gasteiger partial charge is 0.389 e. The number of rotatable bonds is 0. The van der Waals surface area contributed by atoms with Crippen molar-refractivity contribution in [3.63, 3.8) is 0 Å².